The topological polar surface area (TPSA) is 43.8 Å². The third kappa shape index (κ3) is 5.37. The van der Waals surface area contributed by atoms with Gasteiger partial charge in [0.1, 0.15) is 11.9 Å². The molecule has 0 saturated carbocycles. The van der Waals surface area contributed by atoms with Crippen LogP contribution in [0, 0.1) is 12.7 Å². The van der Waals surface area contributed by atoms with Crippen molar-refractivity contribution in [1.82, 2.24) is 9.80 Å². The van der Waals surface area contributed by atoms with Crippen molar-refractivity contribution in [3.05, 3.63) is 71.0 Å². The Morgan fingerprint density at radius 3 is 2.36 bits per heavy atom. The molecule has 0 unspecified atom stereocenters. The summed E-state index contributed by atoms with van der Waals surface area (Å²) in [5.41, 5.74) is 2.10. The molecule has 2 aromatic rings. The predicted octanol–water partition coefficient (Wildman–Crippen LogP) is 3.32. The summed E-state index contributed by atoms with van der Waals surface area (Å²) < 4.78 is 13.6. The molecule has 0 aliphatic heterocycles. The molecule has 0 heterocycles. The zero-order valence-electron chi connectivity index (χ0n) is 14.9. The van der Waals surface area contributed by atoms with Gasteiger partial charge in [-0.25, -0.2) is 4.39 Å². The fraction of sp³-hybridized carbons (Fsp3) is 0.350. The molecule has 0 amide bonds. The predicted molar refractivity (Wildman–Crippen MR) is 96.9 cm³/mol. The van der Waals surface area contributed by atoms with Crippen molar-refractivity contribution >= 4 is 5.97 Å². The van der Waals surface area contributed by atoms with Crippen LogP contribution in [0.25, 0.3) is 0 Å². The lowest BCUT2D eigenvalue weighted by Gasteiger charge is -2.30. The van der Waals surface area contributed by atoms with E-state index in [0.717, 1.165) is 12.1 Å². The lowest BCUT2D eigenvalue weighted by atomic mass is 10.0. The number of carboxylic acid groups (broad SMARTS) is 1. The second-order valence-corrected chi connectivity index (χ2v) is 6.51. The van der Waals surface area contributed by atoms with Crippen molar-refractivity contribution in [2.45, 2.75) is 19.5 Å². The van der Waals surface area contributed by atoms with Crippen LogP contribution in [-0.4, -0.2) is 48.1 Å². The minimum atomic E-state index is -0.930. The number of benzene rings is 2. The fourth-order valence-corrected chi connectivity index (χ4v) is 2.79. The summed E-state index contributed by atoms with van der Waals surface area (Å²) in [5, 5.41) is 9.85. The molecule has 2 aromatic carbocycles. The highest BCUT2D eigenvalue weighted by Gasteiger charge is 2.28. The van der Waals surface area contributed by atoms with Gasteiger partial charge in [0.25, 0.3) is 0 Å². The molecule has 4 nitrogen and oxygen atoms in total. The Kier molecular flexibility index (Phi) is 6.67. The van der Waals surface area contributed by atoms with Gasteiger partial charge in [0.2, 0.25) is 0 Å². The van der Waals surface area contributed by atoms with Crippen LogP contribution in [0.1, 0.15) is 22.7 Å². The van der Waals surface area contributed by atoms with Crippen molar-refractivity contribution in [2.24, 2.45) is 0 Å². The standard InChI is InChI=1S/C20H25FN2O2/c1-15-13-17(9-10-18(15)21)19(20(24)25)23(12-11-22(2)3)14-16-7-5-4-6-8-16/h4-10,13,19H,11-12,14H2,1-3H3,(H,24,25)/t19-/m0/s1. The van der Waals surface area contributed by atoms with E-state index in [1.165, 1.54) is 6.07 Å². The van der Waals surface area contributed by atoms with Crippen molar-refractivity contribution < 1.29 is 14.3 Å². The summed E-state index contributed by atoms with van der Waals surface area (Å²) in [5.74, 6) is -1.25. The van der Waals surface area contributed by atoms with Crippen LogP contribution >= 0.6 is 0 Å². The van der Waals surface area contributed by atoms with Crippen molar-refractivity contribution in [2.75, 3.05) is 27.2 Å². The van der Waals surface area contributed by atoms with Crippen LogP contribution < -0.4 is 0 Å². The molecule has 0 fully saturated rings. The molecule has 2 rings (SSSR count). The lowest BCUT2D eigenvalue weighted by molar-refractivity contribution is -0.144. The van der Waals surface area contributed by atoms with Crippen molar-refractivity contribution in [3.8, 4) is 0 Å². The normalized spacial score (nSPS) is 12.6. The molecule has 0 aliphatic rings. The van der Waals surface area contributed by atoms with E-state index < -0.39 is 12.0 Å². The van der Waals surface area contributed by atoms with E-state index >= 15 is 0 Å². The molecule has 134 valence electrons. The van der Waals surface area contributed by atoms with Crippen molar-refractivity contribution in [3.63, 3.8) is 0 Å². The molecule has 0 aromatic heterocycles. The zero-order valence-corrected chi connectivity index (χ0v) is 14.9. The summed E-state index contributed by atoms with van der Waals surface area (Å²) in [6.07, 6.45) is 0. The van der Waals surface area contributed by atoms with Crippen LogP contribution in [0.4, 0.5) is 4.39 Å². The van der Waals surface area contributed by atoms with E-state index in [0.29, 0.717) is 24.2 Å². The van der Waals surface area contributed by atoms with E-state index in [1.54, 1.807) is 19.1 Å². The molecule has 0 bridgehead atoms. The maximum Gasteiger partial charge on any atom is 0.325 e. The maximum absolute atomic E-state index is 13.6. The first-order valence-corrected chi connectivity index (χ1v) is 8.30. The Morgan fingerprint density at radius 1 is 1.12 bits per heavy atom. The van der Waals surface area contributed by atoms with Gasteiger partial charge in [-0.2, -0.15) is 0 Å². The van der Waals surface area contributed by atoms with E-state index in [1.807, 2.05) is 54.2 Å². The average Bonchev–Trinajstić information content (AvgIpc) is 2.56. The van der Waals surface area contributed by atoms with Gasteiger partial charge < -0.3 is 10.0 Å². The molecular formula is C20H25FN2O2. The number of carbonyl (C=O) groups is 1. The third-order valence-electron chi connectivity index (χ3n) is 4.16. The highest BCUT2D eigenvalue weighted by molar-refractivity contribution is 5.75. The molecule has 1 atom stereocenters. The summed E-state index contributed by atoms with van der Waals surface area (Å²) >= 11 is 0. The van der Waals surface area contributed by atoms with Gasteiger partial charge >= 0.3 is 5.97 Å². The Labute approximate surface area is 148 Å². The largest absolute Gasteiger partial charge is 0.480 e. The minimum Gasteiger partial charge on any atom is -0.480 e. The highest BCUT2D eigenvalue weighted by Crippen LogP contribution is 2.25. The van der Waals surface area contributed by atoms with Crippen LogP contribution in [0.15, 0.2) is 48.5 Å². The fourth-order valence-electron chi connectivity index (χ4n) is 2.79. The number of rotatable bonds is 8. The Bertz CT molecular complexity index is 704. The molecule has 1 N–H and O–H groups in total. The molecule has 0 spiro atoms. The second kappa shape index (κ2) is 8.74. The molecule has 0 saturated heterocycles. The van der Waals surface area contributed by atoms with E-state index in [2.05, 4.69) is 0 Å². The molecular weight excluding hydrogens is 319 g/mol. The Balaban J connectivity index is 2.34. The summed E-state index contributed by atoms with van der Waals surface area (Å²) in [4.78, 5) is 16.0. The van der Waals surface area contributed by atoms with Gasteiger partial charge in [-0.15, -0.1) is 0 Å². The summed E-state index contributed by atoms with van der Waals surface area (Å²) in [7, 11) is 3.91. The first-order chi connectivity index (χ1) is 11.9. The molecule has 5 heteroatoms. The van der Waals surface area contributed by atoms with Crippen LogP contribution in [-0.2, 0) is 11.3 Å². The van der Waals surface area contributed by atoms with E-state index in [4.69, 9.17) is 0 Å². The quantitative estimate of drug-likeness (QED) is 0.798. The van der Waals surface area contributed by atoms with Crippen LogP contribution in [0.5, 0.6) is 0 Å². The first-order valence-electron chi connectivity index (χ1n) is 8.30. The zero-order chi connectivity index (χ0) is 18.4. The summed E-state index contributed by atoms with van der Waals surface area (Å²) in [6, 6.07) is 13.5. The maximum atomic E-state index is 13.6. The van der Waals surface area contributed by atoms with Gasteiger partial charge in [0, 0.05) is 19.6 Å². The average molecular weight is 344 g/mol. The number of aliphatic carboxylic acids is 1. The van der Waals surface area contributed by atoms with E-state index in [9.17, 15) is 14.3 Å². The number of nitrogens with zero attached hydrogens (tertiary/aromatic N) is 2. The number of hydrogen-bond acceptors (Lipinski definition) is 3. The Hall–Kier alpha value is -2.24. The number of likely N-dealkylation sites (N-methyl/N-ethyl adjacent to an activating group) is 1. The van der Waals surface area contributed by atoms with Gasteiger partial charge in [-0.3, -0.25) is 9.69 Å². The molecule has 0 aliphatic carbocycles. The molecule has 0 radical (unpaired) electrons. The van der Waals surface area contributed by atoms with Crippen molar-refractivity contribution in [1.29, 1.82) is 0 Å². The number of aryl methyl sites for hydroxylation is 1. The van der Waals surface area contributed by atoms with Crippen LogP contribution in [0.2, 0.25) is 0 Å². The van der Waals surface area contributed by atoms with Gasteiger partial charge in [0.15, 0.2) is 0 Å². The van der Waals surface area contributed by atoms with Gasteiger partial charge in [0.05, 0.1) is 0 Å². The first kappa shape index (κ1) is 19.1. The second-order valence-electron chi connectivity index (χ2n) is 6.51. The Morgan fingerprint density at radius 2 is 1.80 bits per heavy atom. The van der Waals surface area contributed by atoms with E-state index in [-0.39, 0.29) is 5.82 Å². The van der Waals surface area contributed by atoms with Crippen LogP contribution in [0.3, 0.4) is 0 Å². The highest BCUT2D eigenvalue weighted by atomic mass is 19.1. The number of hydrogen-bond donors (Lipinski definition) is 1. The van der Waals surface area contributed by atoms with Gasteiger partial charge in [-0.05, 0) is 43.8 Å². The number of halogens is 1. The SMILES string of the molecule is Cc1cc([C@@H](C(=O)O)N(CCN(C)C)Cc2ccccc2)ccc1F. The monoisotopic (exact) mass is 344 g/mol. The van der Waals surface area contributed by atoms with Gasteiger partial charge in [-0.1, -0.05) is 42.5 Å². The summed E-state index contributed by atoms with van der Waals surface area (Å²) in [6.45, 7) is 3.49. The number of carboxylic acids is 1. The third-order valence-corrected chi connectivity index (χ3v) is 4.16. The lowest BCUT2D eigenvalue weighted by Crippen LogP contribution is -2.38. The minimum absolute atomic E-state index is 0.323. The molecule has 25 heavy (non-hydrogen) atoms. The smallest absolute Gasteiger partial charge is 0.325 e.